The topological polar surface area (TPSA) is 197 Å². The Morgan fingerprint density at radius 3 is 2.43 bits per heavy atom. The summed E-state index contributed by atoms with van der Waals surface area (Å²) in [5, 5.41) is 54.1. The Balaban J connectivity index is 1.68. The number of fused-ring (bicyclic) bond motifs is 3. The quantitative estimate of drug-likeness (QED) is 0.270. The fraction of sp³-hybridized carbons (Fsp3) is 0.423. The first-order chi connectivity index (χ1) is 17.4. The van der Waals surface area contributed by atoms with Gasteiger partial charge in [-0.25, -0.2) is 0 Å². The zero-order valence-electron chi connectivity index (χ0n) is 20.1. The lowest BCUT2D eigenvalue weighted by Crippen LogP contribution is -2.52. The van der Waals surface area contributed by atoms with Gasteiger partial charge in [0.1, 0.15) is 22.8 Å². The molecular weight excluding hydrogens is 486 g/mol. The van der Waals surface area contributed by atoms with Gasteiger partial charge >= 0.3 is 0 Å². The van der Waals surface area contributed by atoms with E-state index in [4.69, 9.17) is 15.2 Å². The fourth-order valence-electron chi connectivity index (χ4n) is 5.50. The molecule has 11 heteroatoms. The SMILES string of the molecule is CC(=O)[C@]1(O)Cc2c(O)c3c(c(O)c2[C@H](O[C@H]2C[C@@H](N)[C@@H](O)[C@H](C)O2)C1)C(=O)c1c(O)cccc1C3=O. The molecule has 0 aromatic heterocycles. The van der Waals surface area contributed by atoms with Crippen molar-refractivity contribution >= 4 is 17.3 Å². The first-order valence-electron chi connectivity index (χ1n) is 11.9. The van der Waals surface area contributed by atoms with Crippen molar-refractivity contribution in [1.29, 1.82) is 0 Å². The highest BCUT2D eigenvalue weighted by Crippen LogP contribution is 2.52. The zero-order chi connectivity index (χ0) is 27.0. The number of Topliss-reactive ketones (excluding diaryl/α,β-unsaturated/α-hetero) is 1. The second kappa shape index (κ2) is 8.61. The minimum Gasteiger partial charge on any atom is -0.507 e. The Morgan fingerprint density at radius 2 is 1.78 bits per heavy atom. The van der Waals surface area contributed by atoms with Gasteiger partial charge in [-0.1, -0.05) is 12.1 Å². The largest absolute Gasteiger partial charge is 0.507 e. The number of aliphatic hydroxyl groups excluding tert-OH is 1. The molecule has 1 aliphatic heterocycles. The number of rotatable bonds is 3. The maximum atomic E-state index is 13.4. The van der Waals surface area contributed by atoms with Crippen LogP contribution in [0.25, 0.3) is 0 Å². The van der Waals surface area contributed by atoms with E-state index in [1.165, 1.54) is 18.2 Å². The molecule has 6 atom stereocenters. The summed E-state index contributed by atoms with van der Waals surface area (Å²) in [5.74, 6) is -4.13. The van der Waals surface area contributed by atoms with E-state index in [9.17, 15) is 39.9 Å². The average molecular weight is 513 g/mol. The number of aromatic hydroxyl groups is 3. The Morgan fingerprint density at radius 1 is 1.11 bits per heavy atom. The van der Waals surface area contributed by atoms with Crippen LogP contribution in [0.3, 0.4) is 0 Å². The number of ether oxygens (including phenoxy) is 2. The Kier molecular flexibility index (Phi) is 5.89. The molecule has 0 unspecified atom stereocenters. The molecule has 0 spiro atoms. The van der Waals surface area contributed by atoms with Gasteiger partial charge < -0.3 is 40.7 Å². The molecule has 5 rings (SSSR count). The molecule has 0 saturated carbocycles. The molecule has 196 valence electrons. The first-order valence-corrected chi connectivity index (χ1v) is 11.9. The van der Waals surface area contributed by atoms with E-state index in [2.05, 4.69) is 0 Å². The van der Waals surface area contributed by atoms with Crippen LogP contribution in [0.15, 0.2) is 18.2 Å². The molecule has 2 aromatic carbocycles. The van der Waals surface area contributed by atoms with E-state index >= 15 is 0 Å². The normalized spacial score (nSPS) is 30.9. The van der Waals surface area contributed by atoms with E-state index in [0.29, 0.717) is 0 Å². The number of ketones is 3. The van der Waals surface area contributed by atoms with Crippen molar-refractivity contribution in [2.24, 2.45) is 5.73 Å². The smallest absolute Gasteiger partial charge is 0.202 e. The minimum atomic E-state index is -2.02. The van der Waals surface area contributed by atoms with Gasteiger partial charge in [-0.15, -0.1) is 0 Å². The molecule has 1 saturated heterocycles. The summed E-state index contributed by atoms with van der Waals surface area (Å²) in [5.41, 5.74) is 2.29. The Labute approximate surface area is 211 Å². The fourth-order valence-corrected chi connectivity index (χ4v) is 5.50. The summed E-state index contributed by atoms with van der Waals surface area (Å²) in [6, 6.07) is 3.20. The summed E-state index contributed by atoms with van der Waals surface area (Å²) in [4.78, 5) is 39.1. The minimum absolute atomic E-state index is 0.0478. The molecule has 11 nitrogen and oxygen atoms in total. The maximum Gasteiger partial charge on any atom is 0.202 e. The number of nitrogens with two attached hydrogens (primary N) is 1. The molecule has 1 heterocycles. The van der Waals surface area contributed by atoms with Gasteiger partial charge in [0.2, 0.25) is 5.78 Å². The van der Waals surface area contributed by atoms with Crippen LogP contribution in [0.2, 0.25) is 0 Å². The lowest BCUT2D eigenvalue weighted by Gasteiger charge is -2.42. The van der Waals surface area contributed by atoms with Crippen molar-refractivity contribution in [2.45, 2.75) is 69.4 Å². The molecule has 0 bridgehead atoms. The Hall–Kier alpha value is -3.35. The van der Waals surface area contributed by atoms with Gasteiger partial charge in [0.15, 0.2) is 17.9 Å². The van der Waals surface area contributed by atoms with Crippen LogP contribution in [0, 0.1) is 0 Å². The third-order valence-corrected chi connectivity index (χ3v) is 7.59. The number of hydrogen-bond donors (Lipinski definition) is 6. The monoisotopic (exact) mass is 513 g/mol. The highest BCUT2D eigenvalue weighted by atomic mass is 16.7. The maximum absolute atomic E-state index is 13.4. The summed E-state index contributed by atoms with van der Waals surface area (Å²) in [6.07, 6.45) is -4.68. The summed E-state index contributed by atoms with van der Waals surface area (Å²) < 4.78 is 11.7. The van der Waals surface area contributed by atoms with E-state index < -0.39 is 88.4 Å². The van der Waals surface area contributed by atoms with Crippen molar-refractivity contribution in [2.75, 3.05) is 0 Å². The average Bonchev–Trinajstić information content (AvgIpc) is 2.82. The molecular formula is C26H27NO10. The lowest BCUT2D eigenvalue weighted by atomic mass is 9.72. The van der Waals surface area contributed by atoms with Gasteiger partial charge in [0.25, 0.3) is 0 Å². The van der Waals surface area contributed by atoms with Crippen LogP contribution < -0.4 is 5.73 Å². The van der Waals surface area contributed by atoms with Crippen LogP contribution in [0.4, 0.5) is 0 Å². The predicted octanol–water partition coefficient (Wildman–Crippen LogP) is 0.726. The van der Waals surface area contributed by atoms with Gasteiger partial charge in [0, 0.05) is 42.0 Å². The third-order valence-electron chi connectivity index (χ3n) is 7.59. The molecule has 2 aromatic rings. The van der Waals surface area contributed by atoms with Gasteiger partial charge in [-0.3, -0.25) is 14.4 Å². The molecule has 1 fully saturated rings. The number of benzene rings is 2. The molecule has 0 radical (unpaired) electrons. The summed E-state index contributed by atoms with van der Waals surface area (Å²) in [6.45, 7) is 2.76. The highest BCUT2D eigenvalue weighted by Gasteiger charge is 2.49. The molecule has 2 aliphatic carbocycles. The lowest BCUT2D eigenvalue weighted by molar-refractivity contribution is -0.247. The standard InChI is InChI=1S/C26H27NO10/c1-9-21(30)13(27)6-16(36-9)37-15-8-26(35,10(2)28)7-12-18(15)25(34)20-19(23(12)32)22(31)11-4-3-5-14(29)17(11)24(20)33/h3-5,9,13,15-16,21,29-30,32,34-35H,6-8,27H2,1-2H3/t9-,13+,15+,16-,21-,26-/m0/s1. The van der Waals surface area contributed by atoms with Crippen LogP contribution in [-0.4, -0.2) is 73.0 Å². The van der Waals surface area contributed by atoms with E-state index in [0.717, 1.165) is 6.92 Å². The second-order valence-electron chi connectivity index (χ2n) is 9.95. The molecule has 0 amide bonds. The Bertz CT molecular complexity index is 1340. The molecule has 37 heavy (non-hydrogen) atoms. The number of hydrogen-bond acceptors (Lipinski definition) is 11. The number of carbonyl (C=O) groups is 3. The summed E-state index contributed by atoms with van der Waals surface area (Å²) in [7, 11) is 0. The zero-order valence-corrected chi connectivity index (χ0v) is 20.1. The van der Waals surface area contributed by atoms with Crippen molar-refractivity contribution in [3.05, 3.63) is 51.6 Å². The van der Waals surface area contributed by atoms with Gasteiger partial charge in [-0.05, 0) is 19.9 Å². The first kappa shape index (κ1) is 25.3. The van der Waals surface area contributed by atoms with E-state index in [-0.39, 0.29) is 35.1 Å². The molecule has 7 N–H and O–H groups in total. The van der Waals surface area contributed by atoms with Crippen LogP contribution in [-0.2, 0) is 20.7 Å². The number of phenols is 3. The van der Waals surface area contributed by atoms with Crippen molar-refractivity contribution in [3.8, 4) is 17.2 Å². The number of phenolic OH excluding ortho intramolecular Hbond substituents is 3. The number of carbonyl (C=O) groups excluding carboxylic acids is 3. The highest BCUT2D eigenvalue weighted by molar-refractivity contribution is 6.31. The van der Waals surface area contributed by atoms with Crippen LogP contribution in [0.1, 0.15) is 75.8 Å². The van der Waals surface area contributed by atoms with Crippen molar-refractivity contribution in [3.63, 3.8) is 0 Å². The third kappa shape index (κ3) is 3.73. The number of aliphatic hydroxyl groups is 2. The molecule has 3 aliphatic rings. The van der Waals surface area contributed by atoms with Gasteiger partial charge in [0.05, 0.1) is 35.0 Å². The van der Waals surface area contributed by atoms with Crippen molar-refractivity contribution < 1.29 is 49.4 Å². The van der Waals surface area contributed by atoms with Crippen LogP contribution >= 0.6 is 0 Å². The van der Waals surface area contributed by atoms with Crippen LogP contribution in [0.5, 0.6) is 17.2 Å². The predicted molar refractivity (Wildman–Crippen MR) is 125 cm³/mol. The summed E-state index contributed by atoms with van der Waals surface area (Å²) >= 11 is 0. The van der Waals surface area contributed by atoms with Gasteiger partial charge in [-0.2, -0.15) is 0 Å². The van der Waals surface area contributed by atoms with E-state index in [1.807, 2.05) is 0 Å². The van der Waals surface area contributed by atoms with E-state index in [1.54, 1.807) is 6.92 Å². The van der Waals surface area contributed by atoms with Crippen molar-refractivity contribution in [1.82, 2.24) is 0 Å². The second-order valence-corrected chi connectivity index (χ2v) is 9.95.